The van der Waals surface area contributed by atoms with Crippen LogP contribution in [0.4, 0.5) is 0 Å². The summed E-state index contributed by atoms with van der Waals surface area (Å²) in [6, 6.07) is 3.48. The molecule has 3 heterocycles. The predicted molar refractivity (Wildman–Crippen MR) is 119 cm³/mol. The van der Waals surface area contributed by atoms with Gasteiger partial charge in [-0.05, 0) is 13.0 Å². The molecule has 0 radical (unpaired) electrons. The number of aliphatic hydroxyl groups excluding tert-OH is 3. The molecule has 10 nitrogen and oxygen atoms in total. The first-order valence-corrected chi connectivity index (χ1v) is 11.7. The highest BCUT2D eigenvalue weighted by Crippen LogP contribution is 2.32. The van der Waals surface area contributed by atoms with Gasteiger partial charge in [-0.2, -0.15) is 5.26 Å². The zero-order valence-electron chi connectivity index (χ0n) is 16.5. The van der Waals surface area contributed by atoms with E-state index in [1.165, 1.54) is 35.2 Å². The quantitative estimate of drug-likeness (QED) is 0.270. The van der Waals surface area contributed by atoms with Crippen molar-refractivity contribution in [1.82, 2.24) is 25.0 Å². The van der Waals surface area contributed by atoms with Gasteiger partial charge < -0.3 is 20.1 Å². The highest BCUT2D eigenvalue weighted by Gasteiger charge is 2.29. The lowest BCUT2D eigenvalue weighted by Gasteiger charge is -2.28. The maximum Gasteiger partial charge on any atom is 0.184 e. The van der Waals surface area contributed by atoms with Crippen LogP contribution in [0.3, 0.4) is 0 Å². The molecular weight excluding hydrogens is 499 g/mol. The second-order valence-electron chi connectivity index (χ2n) is 6.57. The maximum absolute atomic E-state index is 10.9. The lowest BCUT2D eigenvalue weighted by atomic mass is 10.2. The number of halogens is 2. The first-order valence-electron chi connectivity index (χ1n) is 9.17. The monoisotopic (exact) mass is 516 g/mol. The van der Waals surface area contributed by atoms with Crippen molar-refractivity contribution >= 4 is 46.3 Å². The third-order valence-corrected chi connectivity index (χ3v) is 6.57. The van der Waals surface area contributed by atoms with Crippen LogP contribution in [-0.4, -0.2) is 70.6 Å². The molecule has 3 N–H and O–H groups in total. The summed E-state index contributed by atoms with van der Waals surface area (Å²) < 4.78 is 7.55. The van der Waals surface area contributed by atoms with E-state index < -0.39 is 30.4 Å². The number of nitrogens with zero attached hydrogens (tertiary/aromatic N) is 6. The van der Waals surface area contributed by atoms with Crippen molar-refractivity contribution in [2.24, 2.45) is 0 Å². The van der Waals surface area contributed by atoms with Crippen molar-refractivity contribution < 1.29 is 20.1 Å². The molecule has 14 heteroatoms. The number of hydrogen-bond acceptors (Lipinski definition) is 11. The molecule has 3 aromatic heterocycles. The summed E-state index contributed by atoms with van der Waals surface area (Å²) in [5, 5.41) is 49.7. The van der Waals surface area contributed by atoms with E-state index in [2.05, 4.69) is 20.3 Å². The van der Waals surface area contributed by atoms with Gasteiger partial charge >= 0.3 is 0 Å². The van der Waals surface area contributed by atoms with E-state index in [0.29, 0.717) is 25.8 Å². The fraction of sp³-hybridized carbons (Fsp3) is 0.389. The second kappa shape index (κ2) is 11.4. The Kier molecular flexibility index (Phi) is 8.80. The number of nitriles is 1. The number of ether oxygens (including phenoxy) is 1. The highest BCUT2D eigenvalue weighted by molar-refractivity contribution is 7.99. The minimum Gasteiger partial charge on any atom is -0.394 e. The number of aromatic nitrogens is 5. The van der Waals surface area contributed by atoms with E-state index in [1.807, 2.05) is 6.07 Å². The highest BCUT2D eigenvalue weighted by atomic mass is 35.5. The summed E-state index contributed by atoms with van der Waals surface area (Å²) in [5.74, 6) is 0. The molecule has 0 aromatic carbocycles. The van der Waals surface area contributed by atoms with E-state index in [0.717, 1.165) is 11.8 Å². The zero-order valence-corrected chi connectivity index (χ0v) is 19.7. The van der Waals surface area contributed by atoms with E-state index in [-0.39, 0.29) is 12.2 Å². The average Bonchev–Trinajstić information content (AvgIpc) is 3.39. The Morgan fingerprint density at radius 2 is 2.12 bits per heavy atom. The van der Waals surface area contributed by atoms with Gasteiger partial charge in [-0.15, -0.1) is 16.4 Å². The SMILES string of the molecule is C[C@@H](O)C(CO)OC(Sc1cc(Cl)cnc1C#N)[C@@H](O)Cn1cc(-c2csc(Cl)n2)nn1. The third-order valence-electron chi connectivity index (χ3n) is 4.16. The Morgan fingerprint density at radius 3 is 2.75 bits per heavy atom. The van der Waals surface area contributed by atoms with Gasteiger partial charge in [0.15, 0.2) is 10.2 Å². The largest absolute Gasteiger partial charge is 0.394 e. The molecule has 32 heavy (non-hydrogen) atoms. The predicted octanol–water partition coefficient (Wildman–Crippen LogP) is 2.21. The molecule has 0 fully saturated rings. The average molecular weight is 517 g/mol. The molecule has 0 saturated heterocycles. The van der Waals surface area contributed by atoms with Gasteiger partial charge in [0.25, 0.3) is 0 Å². The molecule has 0 saturated carbocycles. The van der Waals surface area contributed by atoms with Crippen molar-refractivity contribution in [3.8, 4) is 17.5 Å². The Bertz CT molecular complexity index is 1090. The third kappa shape index (κ3) is 6.37. The topological polar surface area (TPSA) is 150 Å². The second-order valence-corrected chi connectivity index (χ2v) is 9.59. The number of rotatable bonds is 10. The van der Waals surface area contributed by atoms with Crippen LogP contribution >= 0.6 is 46.3 Å². The summed E-state index contributed by atoms with van der Waals surface area (Å²) >= 11 is 14.1. The molecular formula is C18H18Cl2N6O4S2. The summed E-state index contributed by atoms with van der Waals surface area (Å²) in [7, 11) is 0. The van der Waals surface area contributed by atoms with Crippen LogP contribution in [0.1, 0.15) is 12.6 Å². The van der Waals surface area contributed by atoms with Gasteiger partial charge in [-0.1, -0.05) is 40.2 Å². The van der Waals surface area contributed by atoms with Gasteiger partial charge in [0.1, 0.15) is 35.1 Å². The first-order chi connectivity index (χ1) is 15.3. The number of thioether (sulfide) groups is 1. The molecule has 2 unspecified atom stereocenters. The van der Waals surface area contributed by atoms with Crippen LogP contribution in [-0.2, 0) is 11.3 Å². The zero-order chi connectivity index (χ0) is 23.3. The fourth-order valence-electron chi connectivity index (χ4n) is 2.55. The maximum atomic E-state index is 10.9. The van der Waals surface area contributed by atoms with Gasteiger partial charge in [0.2, 0.25) is 0 Å². The summed E-state index contributed by atoms with van der Waals surface area (Å²) in [4.78, 5) is 8.48. The molecule has 170 valence electrons. The Hall–Kier alpha value is -1.82. The van der Waals surface area contributed by atoms with Crippen LogP contribution in [0.5, 0.6) is 0 Å². The lowest BCUT2D eigenvalue weighted by Crippen LogP contribution is -2.39. The number of thiazole rings is 1. The minimum absolute atomic E-state index is 0.0314. The molecule has 0 amide bonds. The van der Waals surface area contributed by atoms with E-state index in [4.69, 9.17) is 27.9 Å². The van der Waals surface area contributed by atoms with Gasteiger partial charge in [0, 0.05) is 16.5 Å². The molecule has 0 aliphatic rings. The van der Waals surface area contributed by atoms with Gasteiger partial charge in [0.05, 0.1) is 30.5 Å². The summed E-state index contributed by atoms with van der Waals surface area (Å²) in [6.07, 6.45) is -0.216. The first kappa shape index (κ1) is 24.8. The molecule has 0 aliphatic carbocycles. The van der Waals surface area contributed by atoms with Crippen molar-refractivity contribution in [3.63, 3.8) is 0 Å². The molecule has 3 aromatic rings. The minimum atomic E-state index is -1.17. The van der Waals surface area contributed by atoms with Crippen molar-refractivity contribution in [2.45, 2.75) is 42.1 Å². The Morgan fingerprint density at radius 1 is 1.34 bits per heavy atom. The van der Waals surface area contributed by atoms with Crippen molar-refractivity contribution in [1.29, 1.82) is 5.26 Å². The molecule has 0 bridgehead atoms. The van der Waals surface area contributed by atoms with Gasteiger partial charge in [-0.25, -0.2) is 14.6 Å². The van der Waals surface area contributed by atoms with Crippen LogP contribution in [0.15, 0.2) is 28.7 Å². The molecule has 3 rings (SSSR count). The fourth-order valence-corrected chi connectivity index (χ4v) is 4.63. The van der Waals surface area contributed by atoms with Crippen LogP contribution in [0.2, 0.25) is 9.49 Å². The summed E-state index contributed by atoms with van der Waals surface area (Å²) in [5.41, 5.74) is 0.131. The molecule has 4 atom stereocenters. The Balaban J connectivity index is 1.82. The van der Waals surface area contributed by atoms with Crippen molar-refractivity contribution in [2.75, 3.05) is 6.61 Å². The van der Waals surface area contributed by atoms with Crippen molar-refractivity contribution in [3.05, 3.63) is 39.0 Å². The standard InChI is InChI=1S/C18H18Cl2N6O4S2/c1-9(28)15(7-27)30-17(32-16-2-10(19)4-22-11(16)3-21)14(29)6-26-5-12(24-25-26)13-8-31-18(20)23-13/h2,4-5,8-9,14-15,17,27-29H,6-7H2,1H3/t9-,14+,15?,17?/m1/s1. The van der Waals surface area contributed by atoms with Crippen LogP contribution < -0.4 is 0 Å². The number of aliphatic hydroxyl groups is 3. The van der Waals surface area contributed by atoms with E-state index in [9.17, 15) is 20.6 Å². The van der Waals surface area contributed by atoms with Crippen LogP contribution in [0, 0.1) is 11.3 Å². The van der Waals surface area contributed by atoms with E-state index in [1.54, 1.807) is 11.6 Å². The number of hydrogen-bond donors (Lipinski definition) is 3. The number of pyridine rings is 1. The smallest absolute Gasteiger partial charge is 0.184 e. The molecule has 0 aliphatic heterocycles. The Labute approximate surface area is 201 Å². The molecule has 0 spiro atoms. The lowest BCUT2D eigenvalue weighted by molar-refractivity contribution is -0.0972. The normalized spacial score (nSPS) is 15.2. The van der Waals surface area contributed by atoms with E-state index >= 15 is 0 Å². The van der Waals surface area contributed by atoms with Gasteiger partial charge in [-0.3, -0.25) is 0 Å². The van der Waals surface area contributed by atoms with Crippen LogP contribution in [0.25, 0.3) is 11.4 Å². The summed E-state index contributed by atoms with van der Waals surface area (Å²) in [6.45, 7) is 0.952.